The molecule has 1 aromatic heterocycles. The van der Waals surface area contributed by atoms with E-state index in [1.807, 2.05) is 0 Å². The van der Waals surface area contributed by atoms with E-state index in [0.717, 1.165) is 12.1 Å². The van der Waals surface area contributed by atoms with E-state index in [1.54, 1.807) is 0 Å². The molecule has 1 aromatic carbocycles. The molecule has 9 heteroatoms. The summed E-state index contributed by atoms with van der Waals surface area (Å²) in [6.45, 7) is 0. The largest absolute Gasteiger partial charge is 0.618 e. The van der Waals surface area contributed by atoms with Gasteiger partial charge in [0.1, 0.15) is 0 Å². The van der Waals surface area contributed by atoms with Crippen molar-refractivity contribution in [3.8, 4) is 0 Å². The summed E-state index contributed by atoms with van der Waals surface area (Å²) < 4.78 is 38.8. The number of alkyl halides is 3. The molecule has 19 heavy (non-hydrogen) atoms. The van der Waals surface area contributed by atoms with E-state index in [-0.39, 0.29) is 15.3 Å². The van der Waals surface area contributed by atoms with Gasteiger partial charge in [0.15, 0.2) is 5.56 Å². The summed E-state index contributed by atoms with van der Waals surface area (Å²) in [5.41, 5.74) is -3.14. The lowest BCUT2D eigenvalue weighted by atomic mass is 10.1. The molecule has 100 valence electrons. The third-order valence-electron chi connectivity index (χ3n) is 2.44. The summed E-state index contributed by atoms with van der Waals surface area (Å²) in [5.74, 6) is 0. The average Bonchev–Trinajstić information content (AvgIpc) is 2.26. The summed E-state index contributed by atoms with van der Waals surface area (Å²) in [6.07, 6.45) is -4.68. The fraction of sp³-hybridized carbons (Fsp3) is 0.100. The van der Waals surface area contributed by atoms with Crippen LogP contribution in [0.3, 0.4) is 0 Å². The Balaban J connectivity index is 3.01. The van der Waals surface area contributed by atoms with Crippen LogP contribution in [0.2, 0.25) is 5.02 Å². The molecule has 0 aliphatic heterocycles. The van der Waals surface area contributed by atoms with Gasteiger partial charge in [-0.2, -0.15) is 17.9 Å². The van der Waals surface area contributed by atoms with Crippen LogP contribution in [-0.2, 0) is 6.18 Å². The Morgan fingerprint density at radius 2 is 1.95 bits per heavy atom. The summed E-state index contributed by atoms with van der Waals surface area (Å²) >= 11 is 5.58. The molecule has 0 aliphatic rings. The second-order valence-electron chi connectivity index (χ2n) is 3.63. The maximum absolute atomic E-state index is 12.9. The number of hydrogen-bond donors (Lipinski definition) is 0. The third-order valence-corrected chi connectivity index (χ3v) is 2.68. The van der Waals surface area contributed by atoms with Gasteiger partial charge >= 0.3 is 11.9 Å². The normalized spacial score (nSPS) is 11.8. The first-order valence-corrected chi connectivity index (χ1v) is 5.16. The molecule has 0 N–H and O–H groups in total. The van der Waals surface area contributed by atoms with Crippen LogP contribution in [0.4, 0.5) is 18.9 Å². The Hall–Kier alpha value is -2.09. The highest BCUT2D eigenvalue weighted by Gasteiger charge is 2.43. The summed E-state index contributed by atoms with van der Waals surface area (Å²) in [4.78, 5) is 9.42. The molecular weight excluding hydrogens is 289 g/mol. The number of aromatic nitrogens is 1. The van der Waals surface area contributed by atoms with Gasteiger partial charge in [0, 0.05) is 11.1 Å². The second-order valence-corrected chi connectivity index (χ2v) is 4.07. The first-order valence-electron chi connectivity index (χ1n) is 4.79. The van der Waals surface area contributed by atoms with Gasteiger partial charge in [-0.1, -0.05) is 11.6 Å². The van der Waals surface area contributed by atoms with E-state index in [9.17, 15) is 28.5 Å². The molecular formula is C10H4ClF3N2O3. The number of rotatable bonds is 1. The number of nitro groups is 1. The van der Waals surface area contributed by atoms with Crippen molar-refractivity contribution in [2.75, 3.05) is 0 Å². The maximum Gasteiger partial charge on any atom is 0.424 e. The molecule has 0 saturated heterocycles. The van der Waals surface area contributed by atoms with Crippen molar-refractivity contribution in [3.63, 3.8) is 0 Å². The van der Waals surface area contributed by atoms with Gasteiger partial charge in [0.2, 0.25) is 5.52 Å². The molecule has 0 bridgehead atoms. The molecule has 5 nitrogen and oxygen atoms in total. The number of hydrogen-bond acceptors (Lipinski definition) is 3. The number of benzene rings is 1. The fourth-order valence-corrected chi connectivity index (χ4v) is 1.89. The van der Waals surface area contributed by atoms with Crippen LogP contribution in [0.1, 0.15) is 5.56 Å². The average molecular weight is 293 g/mol. The van der Waals surface area contributed by atoms with Crippen molar-refractivity contribution in [1.82, 2.24) is 0 Å². The lowest BCUT2D eigenvalue weighted by Crippen LogP contribution is -2.29. The van der Waals surface area contributed by atoms with E-state index in [2.05, 4.69) is 0 Å². The van der Waals surface area contributed by atoms with Gasteiger partial charge < -0.3 is 5.21 Å². The monoisotopic (exact) mass is 292 g/mol. The van der Waals surface area contributed by atoms with E-state index < -0.39 is 27.7 Å². The molecule has 0 unspecified atom stereocenters. The Bertz CT molecular complexity index is 688. The van der Waals surface area contributed by atoms with E-state index >= 15 is 0 Å². The predicted octanol–water partition coefficient (Wildman–Crippen LogP) is 3.05. The first kappa shape index (κ1) is 13.3. The molecule has 0 amide bonds. The quantitative estimate of drug-likeness (QED) is 0.351. The van der Waals surface area contributed by atoms with Gasteiger partial charge in [0.25, 0.3) is 6.20 Å². The van der Waals surface area contributed by atoms with Gasteiger partial charge in [-0.25, -0.2) is 0 Å². The Morgan fingerprint density at radius 1 is 1.32 bits per heavy atom. The third kappa shape index (κ3) is 2.26. The highest BCUT2D eigenvalue weighted by molar-refractivity contribution is 6.31. The van der Waals surface area contributed by atoms with Gasteiger partial charge in [-0.3, -0.25) is 10.1 Å². The van der Waals surface area contributed by atoms with Crippen molar-refractivity contribution >= 4 is 28.2 Å². The standard InChI is InChI=1S/C10H4ClF3N2O3/c11-5-1-2-7-6(3-5)9(10(12,13)14)8(16(18)19)4-15(7)17/h1-4H. The van der Waals surface area contributed by atoms with E-state index in [0.29, 0.717) is 6.20 Å². The SMILES string of the molecule is O=[N+]([O-])c1c[n+]([O-])c2ccc(Cl)cc2c1C(F)(F)F. The summed E-state index contributed by atoms with van der Waals surface area (Å²) in [5, 5.41) is 21.5. The van der Waals surface area contributed by atoms with Crippen molar-refractivity contribution in [1.29, 1.82) is 0 Å². The van der Waals surface area contributed by atoms with Crippen molar-refractivity contribution in [2.24, 2.45) is 0 Å². The molecule has 0 aliphatic carbocycles. The van der Waals surface area contributed by atoms with Crippen LogP contribution in [0.25, 0.3) is 10.9 Å². The molecule has 1 heterocycles. The first-order chi connectivity index (χ1) is 8.71. The minimum Gasteiger partial charge on any atom is -0.618 e. The summed E-state index contributed by atoms with van der Waals surface area (Å²) in [6, 6.07) is 3.18. The zero-order chi connectivity index (χ0) is 14.4. The molecule has 2 aromatic rings. The van der Waals surface area contributed by atoms with Crippen LogP contribution < -0.4 is 4.73 Å². The van der Waals surface area contributed by atoms with Crippen LogP contribution in [0.5, 0.6) is 0 Å². The van der Waals surface area contributed by atoms with Crippen LogP contribution in [0, 0.1) is 15.3 Å². The molecule has 2 rings (SSSR count). The van der Waals surface area contributed by atoms with Crippen LogP contribution in [0.15, 0.2) is 24.4 Å². The lowest BCUT2D eigenvalue weighted by molar-refractivity contribution is -0.582. The van der Waals surface area contributed by atoms with Crippen molar-refractivity contribution in [3.05, 3.63) is 50.3 Å². The maximum atomic E-state index is 12.9. The highest BCUT2D eigenvalue weighted by atomic mass is 35.5. The summed E-state index contributed by atoms with van der Waals surface area (Å²) in [7, 11) is 0. The van der Waals surface area contributed by atoms with Gasteiger partial charge in [0.05, 0.1) is 10.3 Å². The highest BCUT2D eigenvalue weighted by Crippen LogP contribution is 2.40. The Kier molecular flexibility index (Phi) is 2.97. The second kappa shape index (κ2) is 4.23. The van der Waals surface area contributed by atoms with Crippen molar-refractivity contribution in [2.45, 2.75) is 6.18 Å². The van der Waals surface area contributed by atoms with Crippen LogP contribution in [-0.4, -0.2) is 4.92 Å². The van der Waals surface area contributed by atoms with Crippen LogP contribution >= 0.6 is 11.6 Å². The molecule has 0 fully saturated rings. The van der Waals surface area contributed by atoms with Crippen molar-refractivity contribution < 1.29 is 22.8 Å². The zero-order valence-corrected chi connectivity index (χ0v) is 9.70. The number of nitrogens with zero attached hydrogens (tertiary/aromatic N) is 2. The lowest BCUT2D eigenvalue weighted by Gasteiger charge is -2.11. The van der Waals surface area contributed by atoms with E-state index in [1.165, 1.54) is 6.07 Å². The number of halogens is 4. The molecule has 0 saturated carbocycles. The fourth-order valence-electron chi connectivity index (χ4n) is 1.72. The Morgan fingerprint density at radius 3 is 2.47 bits per heavy atom. The molecule has 0 spiro atoms. The number of fused-ring (bicyclic) bond motifs is 1. The van der Waals surface area contributed by atoms with E-state index in [4.69, 9.17) is 11.6 Å². The minimum atomic E-state index is -4.97. The number of pyridine rings is 1. The van der Waals surface area contributed by atoms with Gasteiger partial charge in [-0.15, -0.1) is 0 Å². The predicted molar refractivity (Wildman–Crippen MR) is 59.6 cm³/mol. The van der Waals surface area contributed by atoms with Gasteiger partial charge in [-0.05, 0) is 12.1 Å². The molecule has 0 atom stereocenters. The zero-order valence-electron chi connectivity index (χ0n) is 8.94. The Labute approximate surface area is 108 Å². The minimum absolute atomic E-state index is 0.0129. The molecule has 0 radical (unpaired) electrons. The topological polar surface area (TPSA) is 70.1 Å². The smallest absolute Gasteiger partial charge is 0.424 e.